The first-order chi connectivity index (χ1) is 6.68. The summed E-state index contributed by atoms with van der Waals surface area (Å²) in [6.07, 6.45) is 0.773. The largest absolute Gasteiger partial charge is 0.493 e. The highest BCUT2D eigenvalue weighted by Gasteiger charge is 2.19. The van der Waals surface area contributed by atoms with Gasteiger partial charge in [-0.2, -0.15) is 0 Å². The summed E-state index contributed by atoms with van der Waals surface area (Å²) in [7, 11) is 0. The van der Waals surface area contributed by atoms with Crippen LogP contribution in [0.4, 0.5) is 4.39 Å². The molecule has 1 aliphatic heterocycles. The molecule has 14 heavy (non-hydrogen) atoms. The van der Waals surface area contributed by atoms with E-state index in [9.17, 15) is 9.50 Å². The van der Waals surface area contributed by atoms with Gasteiger partial charge in [0.05, 0.1) is 17.7 Å². The van der Waals surface area contributed by atoms with E-state index >= 15 is 0 Å². The summed E-state index contributed by atoms with van der Waals surface area (Å²) in [5.41, 5.74) is 0.578. The summed E-state index contributed by atoms with van der Waals surface area (Å²) >= 11 is 5.62. The highest BCUT2D eigenvalue weighted by atomic mass is 35.5. The number of rotatable bonds is 0. The molecule has 1 aliphatic rings. The van der Waals surface area contributed by atoms with Crippen molar-refractivity contribution < 1.29 is 14.2 Å². The molecule has 0 saturated carbocycles. The molecule has 1 aromatic rings. The van der Waals surface area contributed by atoms with Crippen LogP contribution >= 0.6 is 11.6 Å². The van der Waals surface area contributed by atoms with Gasteiger partial charge in [0.2, 0.25) is 0 Å². The molecule has 0 aromatic heterocycles. The molecule has 4 heteroatoms. The second kappa shape index (κ2) is 3.75. The van der Waals surface area contributed by atoms with Crippen LogP contribution in [0.15, 0.2) is 12.1 Å². The lowest BCUT2D eigenvalue weighted by Crippen LogP contribution is -1.97. The number of hydrogen-bond acceptors (Lipinski definition) is 2. The van der Waals surface area contributed by atoms with E-state index in [-0.39, 0.29) is 5.02 Å². The van der Waals surface area contributed by atoms with Gasteiger partial charge in [-0.25, -0.2) is 4.39 Å². The molecule has 0 radical (unpaired) electrons. The second-order valence-electron chi connectivity index (χ2n) is 3.31. The van der Waals surface area contributed by atoms with Crippen molar-refractivity contribution in [2.75, 3.05) is 6.61 Å². The molecule has 0 spiro atoms. The lowest BCUT2D eigenvalue weighted by molar-refractivity contribution is 0.167. The van der Waals surface area contributed by atoms with E-state index in [1.807, 2.05) is 0 Å². The van der Waals surface area contributed by atoms with Crippen LogP contribution in [0.25, 0.3) is 0 Å². The van der Waals surface area contributed by atoms with Crippen LogP contribution in [-0.2, 0) is 0 Å². The first-order valence-electron chi connectivity index (χ1n) is 4.48. The van der Waals surface area contributed by atoms with Gasteiger partial charge in [0.15, 0.2) is 0 Å². The molecule has 0 amide bonds. The Hall–Kier alpha value is -0.800. The maximum Gasteiger partial charge on any atom is 0.145 e. The van der Waals surface area contributed by atoms with Crippen LogP contribution < -0.4 is 4.74 Å². The Morgan fingerprint density at radius 3 is 3.07 bits per heavy atom. The number of ether oxygens (including phenoxy) is 1. The Balaban J connectivity index is 2.49. The minimum atomic E-state index is -0.606. The minimum absolute atomic E-state index is 0.0216. The molecular weight excluding hydrogens is 207 g/mol. The molecule has 1 atom stereocenters. The zero-order valence-corrected chi connectivity index (χ0v) is 8.22. The van der Waals surface area contributed by atoms with E-state index in [0.29, 0.717) is 24.3 Å². The molecule has 1 N–H and O–H groups in total. The van der Waals surface area contributed by atoms with Crippen molar-refractivity contribution in [2.24, 2.45) is 0 Å². The fraction of sp³-hybridized carbons (Fsp3) is 0.400. The third-order valence-corrected chi connectivity index (χ3v) is 2.58. The van der Waals surface area contributed by atoms with Crippen LogP contribution in [0.5, 0.6) is 5.75 Å². The summed E-state index contributed by atoms with van der Waals surface area (Å²) in [5, 5.41) is 9.72. The Kier molecular flexibility index (Phi) is 2.61. The smallest absolute Gasteiger partial charge is 0.145 e. The molecule has 0 saturated heterocycles. The van der Waals surface area contributed by atoms with Crippen molar-refractivity contribution in [1.82, 2.24) is 0 Å². The molecule has 2 rings (SSSR count). The highest BCUT2D eigenvalue weighted by Crippen LogP contribution is 2.34. The van der Waals surface area contributed by atoms with Gasteiger partial charge < -0.3 is 9.84 Å². The third-order valence-electron chi connectivity index (χ3n) is 2.29. The highest BCUT2D eigenvalue weighted by molar-refractivity contribution is 6.30. The fourth-order valence-corrected chi connectivity index (χ4v) is 1.72. The molecule has 0 aliphatic carbocycles. The molecular formula is C10H10ClFO2. The van der Waals surface area contributed by atoms with Crippen LogP contribution in [0.1, 0.15) is 24.5 Å². The Bertz CT molecular complexity index is 354. The van der Waals surface area contributed by atoms with Crippen LogP contribution in [0.2, 0.25) is 5.02 Å². The number of benzene rings is 1. The average molecular weight is 217 g/mol. The van der Waals surface area contributed by atoms with Crippen molar-refractivity contribution in [3.8, 4) is 5.75 Å². The van der Waals surface area contributed by atoms with E-state index in [2.05, 4.69) is 0 Å². The normalized spacial score (nSPS) is 20.9. The maximum absolute atomic E-state index is 13.1. The quantitative estimate of drug-likeness (QED) is 0.723. The van der Waals surface area contributed by atoms with Gasteiger partial charge in [0, 0.05) is 11.6 Å². The molecule has 2 nitrogen and oxygen atoms in total. The van der Waals surface area contributed by atoms with Crippen molar-refractivity contribution in [2.45, 2.75) is 18.9 Å². The summed E-state index contributed by atoms with van der Waals surface area (Å²) in [6.45, 7) is 0.505. The summed E-state index contributed by atoms with van der Waals surface area (Å²) in [6, 6.07) is 2.66. The average Bonchev–Trinajstić information content (AvgIpc) is 2.31. The van der Waals surface area contributed by atoms with E-state index < -0.39 is 11.9 Å². The number of hydrogen-bond donors (Lipinski definition) is 1. The summed E-state index contributed by atoms with van der Waals surface area (Å²) in [5.74, 6) is -0.114. The predicted octanol–water partition coefficient (Wildman–Crippen LogP) is 2.69. The predicted molar refractivity (Wildman–Crippen MR) is 51.1 cm³/mol. The SMILES string of the molecule is O[C@@H]1CCCOc2cc(F)c(Cl)cc21. The van der Waals surface area contributed by atoms with Gasteiger partial charge in [-0.3, -0.25) is 0 Å². The molecule has 0 fully saturated rings. The van der Waals surface area contributed by atoms with Crippen LogP contribution in [0.3, 0.4) is 0 Å². The van der Waals surface area contributed by atoms with Gasteiger partial charge >= 0.3 is 0 Å². The van der Waals surface area contributed by atoms with Gasteiger partial charge in [-0.15, -0.1) is 0 Å². The van der Waals surface area contributed by atoms with Gasteiger partial charge in [0.1, 0.15) is 11.6 Å². The summed E-state index contributed by atoms with van der Waals surface area (Å²) in [4.78, 5) is 0. The van der Waals surface area contributed by atoms with Crippen molar-refractivity contribution in [1.29, 1.82) is 0 Å². The zero-order valence-electron chi connectivity index (χ0n) is 7.46. The number of aliphatic hydroxyl groups excluding tert-OH is 1. The topological polar surface area (TPSA) is 29.5 Å². The van der Waals surface area contributed by atoms with Gasteiger partial charge in [0.25, 0.3) is 0 Å². The van der Waals surface area contributed by atoms with E-state index in [0.717, 1.165) is 6.42 Å². The second-order valence-corrected chi connectivity index (χ2v) is 3.72. The maximum atomic E-state index is 13.1. The van der Waals surface area contributed by atoms with Crippen LogP contribution in [-0.4, -0.2) is 11.7 Å². The minimum Gasteiger partial charge on any atom is -0.493 e. The first-order valence-corrected chi connectivity index (χ1v) is 4.86. The fourth-order valence-electron chi connectivity index (χ4n) is 1.54. The lowest BCUT2D eigenvalue weighted by Gasteiger charge is -2.11. The standard InChI is InChI=1S/C10H10ClFO2/c11-7-4-6-9(13)2-1-3-14-10(6)5-8(7)12/h4-5,9,13H,1-3H2/t9-/m1/s1. The van der Waals surface area contributed by atoms with E-state index in [1.165, 1.54) is 12.1 Å². The monoisotopic (exact) mass is 216 g/mol. The molecule has 0 bridgehead atoms. The van der Waals surface area contributed by atoms with Gasteiger partial charge in [-0.05, 0) is 18.9 Å². The lowest BCUT2D eigenvalue weighted by atomic mass is 10.1. The molecule has 0 unspecified atom stereocenters. The molecule has 1 heterocycles. The number of halogens is 2. The Morgan fingerprint density at radius 2 is 2.29 bits per heavy atom. The number of aliphatic hydroxyl groups is 1. The molecule has 1 aromatic carbocycles. The van der Waals surface area contributed by atoms with Crippen molar-refractivity contribution >= 4 is 11.6 Å². The molecule has 76 valence electrons. The number of fused-ring (bicyclic) bond motifs is 1. The van der Waals surface area contributed by atoms with Crippen molar-refractivity contribution in [3.63, 3.8) is 0 Å². The Morgan fingerprint density at radius 1 is 1.50 bits per heavy atom. The summed E-state index contributed by atoms with van der Waals surface area (Å²) < 4.78 is 18.4. The zero-order chi connectivity index (χ0) is 10.1. The first kappa shape index (κ1) is 9.74. The third kappa shape index (κ3) is 1.70. The Labute approximate surface area is 86.3 Å². The van der Waals surface area contributed by atoms with Crippen molar-refractivity contribution in [3.05, 3.63) is 28.5 Å². The van der Waals surface area contributed by atoms with E-state index in [4.69, 9.17) is 16.3 Å². The van der Waals surface area contributed by atoms with E-state index in [1.54, 1.807) is 0 Å². The van der Waals surface area contributed by atoms with Gasteiger partial charge in [-0.1, -0.05) is 11.6 Å². The van der Waals surface area contributed by atoms with Crippen LogP contribution in [0, 0.1) is 5.82 Å².